The van der Waals surface area contributed by atoms with Crippen molar-refractivity contribution in [2.45, 2.75) is 117 Å². The number of thiophene rings is 1. The van der Waals surface area contributed by atoms with E-state index in [1.54, 1.807) is 11.3 Å². The summed E-state index contributed by atoms with van der Waals surface area (Å²) in [5.41, 5.74) is 0. The smallest absolute Gasteiger partial charge is 0.263 e. The van der Waals surface area contributed by atoms with Gasteiger partial charge in [-0.1, -0.05) is 110 Å². The topological polar surface area (TPSA) is 20.3 Å². The second-order valence-electron chi connectivity index (χ2n) is 8.22. The highest BCUT2D eigenvalue weighted by molar-refractivity contribution is 7.12. The summed E-state index contributed by atoms with van der Waals surface area (Å²) >= 11 is 1.58. The Balaban J connectivity index is 2.22. The zero-order valence-electron chi connectivity index (χ0n) is 18.7. The van der Waals surface area contributed by atoms with Crippen LogP contribution in [-0.4, -0.2) is 23.9 Å². The van der Waals surface area contributed by atoms with E-state index in [1.165, 1.54) is 89.9 Å². The lowest BCUT2D eigenvalue weighted by Gasteiger charge is -2.22. The standard InChI is InChI=1S/C25H45NOS/c1-3-5-7-9-11-13-15-17-21-26(25(27)24-20-19-23-28-24)22-18-16-14-12-10-8-6-4-2/h19-20,23H,3-18,21-22H2,1-2H3. The third-order valence-electron chi connectivity index (χ3n) is 5.58. The molecule has 0 aliphatic heterocycles. The van der Waals surface area contributed by atoms with Gasteiger partial charge >= 0.3 is 0 Å². The number of carbonyl (C=O) groups excluding carboxylic acids is 1. The molecule has 0 fully saturated rings. The average Bonchev–Trinajstić information content (AvgIpc) is 3.24. The molecule has 2 nitrogen and oxygen atoms in total. The zero-order valence-corrected chi connectivity index (χ0v) is 19.5. The Morgan fingerprint density at radius 2 is 1.14 bits per heavy atom. The van der Waals surface area contributed by atoms with Crippen molar-refractivity contribution in [1.29, 1.82) is 0 Å². The molecule has 0 bridgehead atoms. The molecule has 0 atom stereocenters. The van der Waals surface area contributed by atoms with E-state index in [0.717, 1.165) is 30.8 Å². The highest BCUT2D eigenvalue weighted by atomic mass is 32.1. The molecule has 162 valence electrons. The van der Waals surface area contributed by atoms with Gasteiger partial charge in [0.05, 0.1) is 4.88 Å². The number of nitrogens with zero attached hydrogens (tertiary/aromatic N) is 1. The first kappa shape index (κ1) is 25.2. The lowest BCUT2D eigenvalue weighted by Crippen LogP contribution is -2.32. The maximum Gasteiger partial charge on any atom is 0.263 e. The molecule has 1 heterocycles. The van der Waals surface area contributed by atoms with Gasteiger partial charge in [-0.2, -0.15) is 0 Å². The van der Waals surface area contributed by atoms with Gasteiger partial charge < -0.3 is 4.90 Å². The fourth-order valence-corrected chi connectivity index (χ4v) is 4.43. The van der Waals surface area contributed by atoms with Gasteiger partial charge in [-0.15, -0.1) is 11.3 Å². The molecule has 1 rings (SSSR count). The monoisotopic (exact) mass is 407 g/mol. The van der Waals surface area contributed by atoms with E-state index in [-0.39, 0.29) is 5.91 Å². The van der Waals surface area contributed by atoms with E-state index in [0.29, 0.717) is 0 Å². The van der Waals surface area contributed by atoms with E-state index in [4.69, 9.17) is 0 Å². The van der Waals surface area contributed by atoms with Crippen LogP contribution in [0.15, 0.2) is 17.5 Å². The Morgan fingerprint density at radius 1 is 0.714 bits per heavy atom. The fraction of sp³-hybridized carbons (Fsp3) is 0.800. The van der Waals surface area contributed by atoms with Crippen LogP contribution in [0.4, 0.5) is 0 Å². The van der Waals surface area contributed by atoms with Crippen LogP contribution in [0.2, 0.25) is 0 Å². The van der Waals surface area contributed by atoms with Crippen molar-refractivity contribution in [1.82, 2.24) is 4.90 Å². The largest absolute Gasteiger partial charge is 0.338 e. The number of rotatable bonds is 19. The molecule has 0 aliphatic carbocycles. The third kappa shape index (κ3) is 12.6. The summed E-state index contributed by atoms with van der Waals surface area (Å²) in [5, 5.41) is 2.01. The van der Waals surface area contributed by atoms with E-state index >= 15 is 0 Å². The minimum atomic E-state index is 0.251. The molecule has 3 heteroatoms. The number of hydrogen-bond donors (Lipinski definition) is 0. The SMILES string of the molecule is CCCCCCCCCCN(CCCCCCCCCC)C(=O)c1cccs1. The maximum atomic E-state index is 12.8. The fourth-order valence-electron chi connectivity index (χ4n) is 3.74. The number of unbranched alkanes of at least 4 members (excludes halogenated alkanes) is 14. The summed E-state index contributed by atoms with van der Waals surface area (Å²) in [7, 11) is 0. The molecule has 0 saturated heterocycles. The van der Waals surface area contributed by atoms with E-state index in [1.807, 2.05) is 17.5 Å². The van der Waals surface area contributed by atoms with Gasteiger partial charge in [-0.25, -0.2) is 0 Å². The summed E-state index contributed by atoms with van der Waals surface area (Å²) in [4.78, 5) is 15.8. The lowest BCUT2D eigenvalue weighted by molar-refractivity contribution is 0.0754. The van der Waals surface area contributed by atoms with Crippen LogP contribution in [0.25, 0.3) is 0 Å². The minimum absolute atomic E-state index is 0.251. The molecule has 1 aromatic heterocycles. The summed E-state index contributed by atoms with van der Waals surface area (Å²) in [6, 6.07) is 3.96. The van der Waals surface area contributed by atoms with Crippen molar-refractivity contribution in [3.8, 4) is 0 Å². The first-order valence-electron chi connectivity index (χ1n) is 12.1. The molecule has 0 unspecified atom stereocenters. The Labute approximate surface area is 179 Å². The molecule has 1 amide bonds. The van der Waals surface area contributed by atoms with Crippen LogP contribution in [0.5, 0.6) is 0 Å². The molecular weight excluding hydrogens is 362 g/mol. The van der Waals surface area contributed by atoms with Gasteiger partial charge in [0, 0.05) is 13.1 Å². The number of amides is 1. The van der Waals surface area contributed by atoms with Crippen LogP contribution < -0.4 is 0 Å². The molecule has 0 aliphatic rings. The molecule has 0 saturated carbocycles. The van der Waals surface area contributed by atoms with Gasteiger partial charge in [0.2, 0.25) is 0 Å². The molecule has 1 aromatic rings. The second-order valence-corrected chi connectivity index (χ2v) is 9.17. The van der Waals surface area contributed by atoms with Gasteiger partial charge in [-0.05, 0) is 24.3 Å². The Hall–Kier alpha value is -0.830. The van der Waals surface area contributed by atoms with Gasteiger partial charge in [0.25, 0.3) is 5.91 Å². The van der Waals surface area contributed by atoms with Crippen molar-refractivity contribution in [2.75, 3.05) is 13.1 Å². The van der Waals surface area contributed by atoms with E-state index in [2.05, 4.69) is 18.7 Å². The molecule has 0 radical (unpaired) electrons. The van der Waals surface area contributed by atoms with Crippen LogP contribution in [-0.2, 0) is 0 Å². The minimum Gasteiger partial charge on any atom is -0.338 e. The van der Waals surface area contributed by atoms with E-state index in [9.17, 15) is 4.79 Å². The third-order valence-corrected chi connectivity index (χ3v) is 6.44. The van der Waals surface area contributed by atoms with Crippen molar-refractivity contribution in [3.05, 3.63) is 22.4 Å². The molecular formula is C25H45NOS. The van der Waals surface area contributed by atoms with Crippen molar-refractivity contribution in [2.24, 2.45) is 0 Å². The molecule has 0 aromatic carbocycles. The number of hydrogen-bond acceptors (Lipinski definition) is 2. The summed E-state index contributed by atoms with van der Waals surface area (Å²) in [6.07, 6.45) is 21.1. The molecule has 0 N–H and O–H groups in total. The zero-order chi connectivity index (χ0) is 20.3. The average molecular weight is 408 g/mol. The maximum absolute atomic E-state index is 12.8. The van der Waals surface area contributed by atoms with E-state index < -0.39 is 0 Å². The molecule has 28 heavy (non-hydrogen) atoms. The first-order chi connectivity index (χ1) is 13.8. The highest BCUT2D eigenvalue weighted by Gasteiger charge is 2.15. The van der Waals surface area contributed by atoms with Crippen LogP contribution in [0, 0.1) is 0 Å². The quantitative estimate of drug-likeness (QED) is 0.211. The second kappa shape index (κ2) is 18.2. The Bertz CT molecular complexity index is 437. The summed E-state index contributed by atoms with van der Waals surface area (Å²) in [6.45, 7) is 6.40. The highest BCUT2D eigenvalue weighted by Crippen LogP contribution is 2.16. The van der Waals surface area contributed by atoms with Gasteiger partial charge in [0.1, 0.15) is 0 Å². The van der Waals surface area contributed by atoms with Crippen molar-refractivity contribution >= 4 is 17.2 Å². The van der Waals surface area contributed by atoms with Gasteiger partial charge in [-0.3, -0.25) is 4.79 Å². The Kier molecular flexibility index (Phi) is 16.4. The summed E-state index contributed by atoms with van der Waals surface area (Å²) < 4.78 is 0. The normalized spacial score (nSPS) is 11.1. The van der Waals surface area contributed by atoms with Crippen LogP contribution in [0.1, 0.15) is 126 Å². The van der Waals surface area contributed by atoms with Gasteiger partial charge in [0.15, 0.2) is 0 Å². The lowest BCUT2D eigenvalue weighted by atomic mass is 10.1. The molecule has 0 spiro atoms. The first-order valence-corrected chi connectivity index (χ1v) is 13.0. The van der Waals surface area contributed by atoms with Crippen molar-refractivity contribution < 1.29 is 4.79 Å². The van der Waals surface area contributed by atoms with Crippen LogP contribution >= 0.6 is 11.3 Å². The predicted octanol–water partition coefficient (Wildman–Crippen LogP) is 8.47. The summed E-state index contributed by atoms with van der Waals surface area (Å²) in [5.74, 6) is 0.251. The van der Waals surface area contributed by atoms with Crippen molar-refractivity contribution in [3.63, 3.8) is 0 Å². The predicted molar refractivity (Wildman–Crippen MR) is 125 cm³/mol. The van der Waals surface area contributed by atoms with Crippen LogP contribution in [0.3, 0.4) is 0 Å². The Morgan fingerprint density at radius 3 is 1.54 bits per heavy atom. The number of carbonyl (C=O) groups is 1.